The minimum atomic E-state index is 0.166. The molecule has 2 aromatic rings. The number of aromatic nitrogens is 4. The first-order valence-electron chi connectivity index (χ1n) is 7.73. The van der Waals surface area contributed by atoms with Gasteiger partial charge in [-0.2, -0.15) is 10.1 Å². The predicted molar refractivity (Wildman–Crippen MR) is 92.1 cm³/mol. The Balaban J connectivity index is 0.000000924. The van der Waals surface area contributed by atoms with Gasteiger partial charge in [-0.25, -0.2) is 4.98 Å². The number of hydrogen-bond acceptors (Lipinski definition) is 6. The van der Waals surface area contributed by atoms with E-state index in [-0.39, 0.29) is 6.61 Å². The Bertz CT molecular complexity index is 610. The summed E-state index contributed by atoms with van der Waals surface area (Å²) in [5.41, 5.74) is 1.19. The largest absolute Gasteiger partial charge is 0.396 e. The molecule has 1 aliphatic rings. The Kier molecular flexibility index (Phi) is 6.10. The Morgan fingerprint density at radius 2 is 2.17 bits per heavy atom. The Morgan fingerprint density at radius 3 is 2.87 bits per heavy atom. The number of anilines is 3. The van der Waals surface area contributed by atoms with E-state index in [0.717, 1.165) is 5.82 Å². The van der Waals surface area contributed by atoms with E-state index in [1.165, 1.54) is 18.5 Å². The summed E-state index contributed by atoms with van der Waals surface area (Å²) in [6.45, 7) is 6.88. The summed E-state index contributed by atoms with van der Waals surface area (Å²) >= 11 is 0. The first kappa shape index (κ1) is 17.0. The highest BCUT2D eigenvalue weighted by atomic mass is 16.3. The van der Waals surface area contributed by atoms with Crippen molar-refractivity contribution >= 4 is 17.6 Å². The highest BCUT2D eigenvalue weighted by molar-refractivity contribution is 5.53. The fourth-order valence-corrected chi connectivity index (χ4v) is 2.15. The smallest absolute Gasteiger partial charge is 0.227 e. The summed E-state index contributed by atoms with van der Waals surface area (Å²) in [6.07, 6.45) is 4.90. The molecule has 0 amide bonds. The fraction of sp³-hybridized carbons (Fsp3) is 0.438. The molecule has 0 spiro atoms. The first-order chi connectivity index (χ1) is 11.3. The number of rotatable bonds is 7. The van der Waals surface area contributed by atoms with Gasteiger partial charge in [0.1, 0.15) is 5.82 Å². The van der Waals surface area contributed by atoms with Crippen molar-refractivity contribution in [3.8, 4) is 0 Å². The molecular weight excluding hydrogens is 292 g/mol. The van der Waals surface area contributed by atoms with Crippen LogP contribution in [0.4, 0.5) is 17.6 Å². The molecule has 124 valence electrons. The minimum absolute atomic E-state index is 0.166. The highest BCUT2D eigenvalue weighted by Crippen LogP contribution is 2.39. The number of hydrogen-bond donors (Lipinski definition) is 3. The maximum atomic E-state index is 8.87. The lowest BCUT2D eigenvalue weighted by Crippen LogP contribution is -2.21. The van der Waals surface area contributed by atoms with Crippen molar-refractivity contribution in [2.75, 3.05) is 30.4 Å². The number of H-pyrrole nitrogens is 1. The van der Waals surface area contributed by atoms with Gasteiger partial charge in [0.2, 0.25) is 5.95 Å². The van der Waals surface area contributed by atoms with E-state index in [1.807, 2.05) is 24.1 Å². The monoisotopic (exact) mass is 316 g/mol. The van der Waals surface area contributed by atoms with Crippen molar-refractivity contribution in [2.45, 2.75) is 25.2 Å². The third-order valence-electron chi connectivity index (χ3n) is 3.51. The third kappa shape index (κ3) is 4.79. The molecule has 7 heteroatoms. The summed E-state index contributed by atoms with van der Waals surface area (Å²) < 4.78 is 0. The molecule has 0 atom stereocenters. The van der Waals surface area contributed by atoms with Crippen LogP contribution in [0.15, 0.2) is 31.5 Å². The number of nitrogens with zero attached hydrogens (tertiary/aromatic N) is 4. The van der Waals surface area contributed by atoms with Gasteiger partial charge in [0.25, 0.3) is 0 Å². The molecule has 0 aliphatic heterocycles. The predicted octanol–water partition coefficient (Wildman–Crippen LogP) is 2.44. The normalized spacial score (nSPS) is 13.1. The van der Waals surface area contributed by atoms with E-state index in [4.69, 9.17) is 5.11 Å². The van der Waals surface area contributed by atoms with Crippen LogP contribution >= 0.6 is 0 Å². The van der Waals surface area contributed by atoms with E-state index in [0.29, 0.717) is 30.6 Å². The molecule has 1 saturated carbocycles. The van der Waals surface area contributed by atoms with Crippen molar-refractivity contribution in [1.82, 2.24) is 20.2 Å². The quantitative estimate of drug-likeness (QED) is 0.680. The first-order valence-corrected chi connectivity index (χ1v) is 7.73. The van der Waals surface area contributed by atoms with Gasteiger partial charge in [-0.1, -0.05) is 0 Å². The second-order valence-corrected chi connectivity index (χ2v) is 5.35. The summed E-state index contributed by atoms with van der Waals surface area (Å²) in [5, 5.41) is 19.4. The second kappa shape index (κ2) is 8.28. The summed E-state index contributed by atoms with van der Waals surface area (Å²) in [7, 11) is 1.91. The lowest BCUT2D eigenvalue weighted by molar-refractivity contribution is 0.290. The molecular formula is C16H24N6O. The number of aliphatic hydroxyl groups is 1. The van der Waals surface area contributed by atoms with Crippen molar-refractivity contribution in [3.63, 3.8) is 0 Å². The number of nitrogens with one attached hydrogen (secondary N) is 2. The molecule has 2 heterocycles. The van der Waals surface area contributed by atoms with Crippen LogP contribution in [0.25, 0.3) is 0 Å². The summed E-state index contributed by atoms with van der Waals surface area (Å²) in [5.74, 6) is 2.77. The maximum absolute atomic E-state index is 8.87. The number of aromatic amines is 1. The lowest BCUT2D eigenvalue weighted by atomic mass is 10.3. The SMILES string of the molecule is C=C.CN(CCCO)c1nccc(Nc2cc(C3CC3)[nH]n2)n1. The van der Waals surface area contributed by atoms with Gasteiger partial charge in [0.15, 0.2) is 5.82 Å². The molecule has 0 saturated heterocycles. The fourth-order valence-electron chi connectivity index (χ4n) is 2.15. The van der Waals surface area contributed by atoms with Crippen molar-refractivity contribution in [3.05, 3.63) is 37.2 Å². The summed E-state index contributed by atoms with van der Waals surface area (Å²) in [4.78, 5) is 10.6. The molecule has 1 fully saturated rings. The van der Waals surface area contributed by atoms with Crippen LogP contribution in [0.3, 0.4) is 0 Å². The topological polar surface area (TPSA) is 90.0 Å². The maximum Gasteiger partial charge on any atom is 0.227 e. The van der Waals surface area contributed by atoms with Crippen LogP contribution in [0.5, 0.6) is 0 Å². The highest BCUT2D eigenvalue weighted by Gasteiger charge is 2.25. The zero-order valence-electron chi connectivity index (χ0n) is 13.5. The summed E-state index contributed by atoms with van der Waals surface area (Å²) in [6, 6.07) is 3.85. The molecule has 0 unspecified atom stereocenters. The second-order valence-electron chi connectivity index (χ2n) is 5.35. The molecule has 3 rings (SSSR count). The minimum Gasteiger partial charge on any atom is -0.396 e. The Morgan fingerprint density at radius 1 is 1.39 bits per heavy atom. The van der Waals surface area contributed by atoms with Gasteiger partial charge in [0, 0.05) is 44.1 Å². The van der Waals surface area contributed by atoms with Gasteiger partial charge in [-0.15, -0.1) is 13.2 Å². The standard InChI is InChI=1S/C14H20N6O.C2H4/c1-20(7-2-8-21)14-15-6-5-12(17-14)16-13-9-11(18-19-13)10-3-4-10;1-2/h5-6,9-10,21H,2-4,7-8H2,1H3,(H2,15,16,17,18,19);1-2H2. The van der Waals surface area contributed by atoms with Gasteiger partial charge in [0.05, 0.1) is 0 Å². The van der Waals surface area contributed by atoms with E-state index in [9.17, 15) is 0 Å². The Labute approximate surface area is 136 Å². The van der Waals surface area contributed by atoms with Gasteiger partial charge in [-0.3, -0.25) is 5.10 Å². The van der Waals surface area contributed by atoms with Crippen LogP contribution < -0.4 is 10.2 Å². The molecule has 0 bridgehead atoms. The molecule has 0 aromatic carbocycles. The van der Waals surface area contributed by atoms with Crippen LogP contribution in [0, 0.1) is 0 Å². The molecule has 23 heavy (non-hydrogen) atoms. The average molecular weight is 316 g/mol. The third-order valence-corrected chi connectivity index (χ3v) is 3.51. The molecule has 0 radical (unpaired) electrons. The number of aliphatic hydroxyl groups excluding tert-OH is 1. The zero-order valence-corrected chi connectivity index (χ0v) is 13.5. The molecule has 2 aromatic heterocycles. The van der Waals surface area contributed by atoms with Gasteiger partial charge in [-0.05, 0) is 25.3 Å². The van der Waals surface area contributed by atoms with Crippen LogP contribution in [0.1, 0.15) is 30.9 Å². The van der Waals surface area contributed by atoms with Crippen molar-refractivity contribution < 1.29 is 5.11 Å². The molecule has 1 aliphatic carbocycles. The van der Waals surface area contributed by atoms with Crippen molar-refractivity contribution in [1.29, 1.82) is 0 Å². The zero-order chi connectivity index (χ0) is 16.7. The Hall–Kier alpha value is -2.41. The van der Waals surface area contributed by atoms with E-state index in [1.54, 1.807) is 6.20 Å². The van der Waals surface area contributed by atoms with Crippen LogP contribution in [0.2, 0.25) is 0 Å². The van der Waals surface area contributed by atoms with Gasteiger partial charge < -0.3 is 15.3 Å². The lowest BCUT2D eigenvalue weighted by Gasteiger charge is -2.16. The van der Waals surface area contributed by atoms with Crippen molar-refractivity contribution in [2.24, 2.45) is 0 Å². The van der Waals surface area contributed by atoms with Crippen LogP contribution in [-0.4, -0.2) is 45.5 Å². The van der Waals surface area contributed by atoms with Crippen LogP contribution in [-0.2, 0) is 0 Å². The van der Waals surface area contributed by atoms with E-state index in [2.05, 4.69) is 38.6 Å². The van der Waals surface area contributed by atoms with Gasteiger partial charge >= 0.3 is 0 Å². The average Bonchev–Trinajstić information content (AvgIpc) is 3.35. The van der Waals surface area contributed by atoms with E-state index >= 15 is 0 Å². The van der Waals surface area contributed by atoms with E-state index < -0.39 is 0 Å². The molecule has 7 nitrogen and oxygen atoms in total. The molecule has 3 N–H and O–H groups in total.